The minimum Gasteiger partial charge on any atom is -0.507 e. The highest BCUT2D eigenvalue weighted by atomic mass is 127. The topological polar surface area (TPSA) is 99.1 Å². The molecule has 0 aromatic heterocycles. The Bertz CT molecular complexity index is 1430. The highest BCUT2D eigenvalue weighted by Gasteiger charge is 2.75. The van der Waals surface area contributed by atoms with Crippen molar-refractivity contribution in [1.29, 1.82) is 0 Å². The predicted octanol–water partition coefficient (Wildman–Crippen LogP) is 9.60. The summed E-state index contributed by atoms with van der Waals surface area (Å²) >= 11 is 2.17. The van der Waals surface area contributed by atoms with E-state index in [4.69, 9.17) is 14.2 Å². The summed E-state index contributed by atoms with van der Waals surface area (Å²) in [6, 6.07) is 4.06. The van der Waals surface area contributed by atoms with Crippen molar-refractivity contribution in [2.45, 2.75) is 145 Å². The van der Waals surface area contributed by atoms with Crippen LogP contribution in [0.25, 0.3) is 0 Å². The van der Waals surface area contributed by atoms with Crippen molar-refractivity contribution >= 4 is 40.5 Å². The molecule has 1 N–H and O–H groups in total. The number of benzene rings is 1. The number of hydrogen-bond acceptors (Lipinski definition) is 7. The van der Waals surface area contributed by atoms with Gasteiger partial charge in [0.05, 0.1) is 21.5 Å². The lowest BCUT2D eigenvalue weighted by atomic mass is 9.52. The van der Waals surface area contributed by atoms with Crippen molar-refractivity contribution in [2.24, 2.45) is 57.7 Å². The number of carbonyl (C=O) groups excluding carboxylic acids is 3. The third-order valence-corrected chi connectivity index (χ3v) is 15.3. The lowest BCUT2D eigenvalue weighted by Gasteiger charge is -2.57. The van der Waals surface area contributed by atoms with Gasteiger partial charge >= 0.3 is 17.9 Å². The molecule has 1 aliphatic heterocycles. The summed E-state index contributed by atoms with van der Waals surface area (Å²) in [4.78, 5) is 41.1. The molecule has 3 aliphatic carbocycles. The second kappa shape index (κ2) is 14.5. The quantitative estimate of drug-likeness (QED) is 0.121. The summed E-state index contributed by atoms with van der Waals surface area (Å²) in [6.07, 6.45) is 8.07. The van der Waals surface area contributed by atoms with E-state index < -0.39 is 34.4 Å². The molecule has 280 valence electrons. The monoisotopic (exact) mass is 806 g/mol. The highest BCUT2D eigenvalue weighted by Crippen LogP contribution is 2.73. The minimum absolute atomic E-state index is 0.0329. The summed E-state index contributed by atoms with van der Waals surface area (Å²) in [5, 5.41) is 10.3. The van der Waals surface area contributed by atoms with Gasteiger partial charge in [0.15, 0.2) is 0 Å². The van der Waals surface area contributed by atoms with Gasteiger partial charge < -0.3 is 19.3 Å². The molecule has 0 spiro atoms. The lowest BCUT2D eigenvalue weighted by molar-refractivity contribution is -0.202. The molecule has 1 aromatic rings. The Labute approximate surface area is 314 Å². The van der Waals surface area contributed by atoms with Crippen molar-refractivity contribution in [3.63, 3.8) is 0 Å². The molecule has 1 aromatic carbocycles. The Kier molecular flexibility index (Phi) is 11.4. The van der Waals surface area contributed by atoms with Crippen LogP contribution in [0.5, 0.6) is 5.75 Å². The normalized spacial score (nSPS) is 36.8. The van der Waals surface area contributed by atoms with Crippen LogP contribution in [0, 0.1) is 68.2 Å². The zero-order valence-electron chi connectivity index (χ0n) is 32.3. The first-order valence-electron chi connectivity index (χ1n) is 19.4. The molecule has 8 heteroatoms. The van der Waals surface area contributed by atoms with Gasteiger partial charge in [-0.05, 0) is 151 Å². The molecule has 4 fully saturated rings. The van der Waals surface area contributed by atoms with E-state index in [-0.39, 0.29) is 42.2 Å². The Balaban J connectivity index is 1.36. The lowest BCUT2D eigenvalue weighted by Crippen LogP contribution is -2.56. The molecule has 4 aliphatic rings. The number of phenols is 1. The standard InChI is InChI=1S/C42H63IO7/c1-11-29-18-31-22-39(8,21-29)20-27(6)41(31,10)50-38(47)42(24(2)3)23-40(42,9)28(7)32(36(45)49-34-14-15-48-37(34)46)13-12-25(4)16-30-17-26(5)35(44)33(43)19-30/h17,19,24-25,27-29,31-32,34,44H,11-16,18,20-23H2,1-10H3. The van der Waals surface area contributed by atoms with Crippen LogP contribution < -0.4 is 0 Å². The van der Waals surface area contributed by atoms with E-state index in [9.17, 15) is 19.5 Å². The first kappa shape index (κ1) is 39.4. The van der Waals surface area contributed by atoms with Gasteiger partial charge in [-0.3, -0.25) is 9.59 Å². The van der Waals surface area contributed by atoms with Crippen molar-refractivity contribution in [3.8, 4) is 5.75 Å². The van der Waals surface area contributed by atoms with Crippen LogP contribution >= 0.6 is 22.6 Å². The third kappa shape index (κ3) is 7.22. The molecule has 5 rings (SSSR count). The fraction of sp³-hybridized carbons (Fsp3) is 0.786. The average molecular weight is 807 g/mol. The number of carbonyl (C=O) groups is 3. The molecule has 0 radical (unpaired) electrons. The Hall–Kier alpha value is -1.84. The molecule has 2 bridgehead atoms. The molecule has 1 saturated heterocycles. The van der Waals surface area contributed by atoms with Crippen molar-refractivity contribution < 1.29 is 33.7 Å². The molecule has 1 heterocycles. The Morgan fingerprint density at radius 3 is 2.38 bits per heavy atom. The summed E-state index contributed by atoms with van der Waals surface area (Å²) in [7, 11) is 0. The van der Waals surface area contributed by atoms with Crippen LogP contribution in [-0.4, -0.2) is 41.3 Å². The number of fused-ring (bicyclic) bond motifs is 2. The predicted molar refractivity (Wildman–Crippen MR) is 203 cm³/mol. The van der Waals surface area contributed by atoms with Crippen molar-refractivity contribution in [2.75, 3.05) is 6.61 Å². The van der Waals surface area contributed by atoms with Gasteiger partial charge in [0.25, 0.3) is 0 Å². The van der Waals surface area contributed by atoms with Gasteiger partial charge in [0.2, 0.25) is 6.10 Å². The molecule has 3 saturated carbocycles. The third-order valence-electron chi connectivity index (χ3n) is 14.4. The zero-order valence-corrected chi connectivity index (χ0v) is 34.5. The first-order valence-corrected chi connectivity index (χ1v) is 20.5. The second-order valence-electron chi connectivity index (χ2n) is 18.2. The number of aryl methyl sites for hydroxylation is 1. The van der Waals surface area contributed by atoms with Gasteiger partial charge in [-0.2, -0.15) is 0 Å². The van der Waals surface area contributed by atoms with E-state index in [0.717, 1.165) is 46.8 Å². The van der Waals surface area contributed by atoms with E-state index >= 15 is 0 Å². The molecular formula is C42H63IO7. The SMILES string of the molecule is CCC1CC2CC(C)(C1)CC(C)C2(C)OC(=O)C1(C(C)C)CC1(C)C(C)C(CCC(C)Cc1cc(C)c(O)c(I)c1)C(=O)OC1CCOC1=O. The maximum absolute atomic E-state index is 14.7. The van der Waals surface area contributed by atoms with Gasteiger partial charge in [-0.25, -0.2) is 4.79 Å². The van der Waals surface area contributed by atoms with Crippen LogP contribution in [0.15, 0.2) is 12.1 Å². The van der Waals surface area contributed by atoms with Gasteiger partial charge in [-0.15, -0.1) is 0 Å². The number of aromatic hydroxyl groups is 1. The summed E-state index contributed by atoms with van der Waals surface area (Å²) < 4.78 is 18.7. The minimum atomic E-state index is -0.871. The van der Waals surface area contributed by atoms with E-state index in [1.165, 1.54) is 12.8 Å². The molecule has 7 nitrogen and oxygen atoms in total. The molecule has 11 atom stereocenters. The second-order valence-corrected chi connectivity index (χ2v) is 19.4. The number of phenolic OH excluding ortho intramolecular Hbond substituents is 1. The maximum Gasteiger partial charge on any atom is 0.347 e. The molecule has 50 heavy (non-hydrogen) atoms. The Morgan fingerprint density at radius 1 is 1.08 bits per heavy atom. The van der Waals surface area contributed by atoms with Gasteiger partial charge in [-0.1, -0.05) is 67.9 Å². The number of ether oxygens (including phenoxy) is 3. The summed E-state index contributed by atoms with van der Waals surface area (Å²) in [5.74, 6) is 0.297. The first-order chi connectivity index (χ1) is 23.3. The average Bonchev–Trinajstić information content (AvgIpc) is 3.52. The number of halogens is 1. The van der Waals surface area contributed by atoms with E-state index in [1.54, 1.807) is 0 Å². The molecular weight excluding hydrogens is 743 g/mol. The molecule has 0 amide bonds. The molecule has 11 unspecified atom stereocenters. The number of cyclic esters (lactones) is 1. The van der Waals surface area contributed by atoms with E-state index in [2.05, 4.69) is 84.9 Å². The van der Waals surface area contributed by atoms with Crippen molar-refractivity contribution in [3.05, 3.63) is 26.8 Å². The fourth-order valence-corrected chi connectivity index (χ4v) is 11.7. The summed E-state index contributed by atoms with van der Waals surface area (Å²) in [5.41, 5.74) is 0.639. The smallest absolute Gasteiger partial charge is 0.347 e. The van der Waals surface area contributed by atoms with Crippen LogP contribution in [-0.2, 0) is 35.0 Å². The van der Waals surface area contributed by atoms with Crippen LogP contribution in [0.4, 0.5) is 0 Å². The van der Waals surface area contributed by atoms with Crippen LogP contribution in [0.3, 0.4) is 0 Å². The van der Waals surface area contributed by atoms with Crippen LogP contribution in [0.1, 0.15) is 131 Å². The maximum atomic E-state index is 14.7. The Morgan fingerprint density at radius 2 is 1.78 bits per heavy atom. The summed E-state index contributed by atoms with van der Waals surface area (Å²) in [6.45, 7) is 22.1. The zero-order chi connectivity index (χ0) is 37.0. The fourth-order valence-electron chi connectivity index (χ4n) is 10.9. The number of esters is 3. The van der Waals surface area contributed by atoms with Gasteiger partial charge in [0, 0.05) is 6.42 Å². The van der Waals surface area contributed by atoms with Crippen LogP contribution in [0.2, 0.25) is 0 Å². The van der Waals surface area contributed by atoms with Gasteiger partial charge in [0.1, 0.15) is 11.4 Å². The largest absolute Gasteiger partial charge is 0.507 e. The number of rotatable bonds is 13. The van der Waals surface area contributed by atoms with E-state index in [1.807, 2.05) is 19.1 Å². The number of hydrogen-bond donors (Lipinski definition) is 1. The van der Waals surface area contributed by atoms with E-state index in [0.29, 0.717) is 42.3 Å². The highest BCUT2D eigenvalue weighted by molar-refractivity contribution is 14.1. The van der Waals surface area contributed by atoms with Crippen molar-refractivity contribution in [1.82, 2.24) is 0 Å².